The molecule has 0 aliphatic heterocycles. The first kappa shape index (κ1) is 17.5. The molecule has 1 heterocycles. The highest BCUT2D eigenvalue weighted by molar-refractivity contribution is 5.94. The van der Waals surface area contributed by atoms with Crippen LogP contribution in [0.4, 0.5) is 19.0 Å². The van der Waals surface area contributed by atoms with E-state index >= 15 is 0 Å². The summed E-state index contributed by atoms with van der Waals surface area (Å²) in [7, 11) is 1.19. The van der Waals surface area contributed by atoms with Crippen LogP contribution in [0.1, 0.15) is 28.5 Å². The summed E-state index contributed by atoms with van der Waals surface area (Å²) >= 11 is 0. The van der Waals surface area contributed by atoms with Crippen LogP contribution in [-0.2, 0) is 10.9 Å². The number of methoxy groups -OCH3 is 1. The van der Waals surface area contributed by atoms with Gasteiger partial charge in [0.15, 0.2) is 11.5 Å². The van der Waals surface area contributed by atoms with Crippen molar-refractivity contribution in [3.63, 3.8) is 0 Å². The predicted molar refractivity (Wildman–Crippen MR) is 82.9 cm³/mol. The molecular weight excluding hydrogens is 323 g/mol. The number of ether oxygens (including phenoxy) is 1. The van der Waals surface area contributed by atoms with Crippen molar-refractivity contribution in [2.45, 2.75) is 13.1 Å². The topological polar surface area (TPSA) is 78.1 Å². The average molecular weight is 337 g/mol. The SMILES string of the molecule is C/C=C\c1c(N)nc(-c2ccc(C(F)(F)F)cc2)nc1C(=O)OC. The van der Waals surface area contributed by atoms with Crippen LogP contribution in [0.15, 0.2) is 30.3 Å². The number of allylic oxidation sites excluding steroid dienone is 1. The molecule has 0 atom stereocenters. The molecule has 0 saturated carbocycles. The molecule has 8 heteroatoms. The first-order chi connectivity index (χ1) is 11.3. The third kappa shape index (κ3) is 3.53. The quantitative estimate of drug-likeness (QED) is 0.867. The normalized spacial score (nSPS) is 11.7. The van der Waals surface area contributed by atoms with Gasteiger partial charge in [-0.15, -0.1) is 0 Å². The standard InChI is InChI=1S/C16H14F3N3O2/c1-3-4-11-12(15(23)24-2)21-14(22-13(11)20)9-5-7-10(8-6-9)16(17,18)19/h3-8H,1-2H3,(H2,20,21,22)/b4-3-. The van der Waals surface area contributed by atoms with E-state index in [0.29, 0.717) is 11.1 Å². The minimum absolute atomic E-state index is 0.0263. The van der Waals surface area contributed by atoms with Crippen LogP contribution >= 0.6 is 0 Å². The van der Waals surface area contributed by atoms with Gasteiger partial charge < -0.3 is 10.5 Å². The van der Waals surface area contributed by atoms with E-state index in [-0.39, 0.29) is 17.3 Å². The van der Waals surface area contributed by atoms with E-state index < -0.39 is 17.7 Å². The van der Waals surface area contributed by atoms with Crippen LogP contribution in [0.5, 0.6) is 0 Å². The minimum Gasteiger partial charge on any atom is -0.464 e. The zero-order chi connectivity index (χ0) is 17.9. The smallest absolute Gasteiger partial charge is 0.416 e. The van der Waals surface area contributed by atoms with Gasteiger partial charge in [-0.25, -0.2) is 14.8 Å². The number of anilines is 1. The van der Waals surface area contributed by atoms with Crippen LogP contribution in [0.2, 0.25) is 0 Å². The monoisotopic (exact) mass is 337 g/mol. The molecular formula is C16H14F3N3O2. The predicted octanol–water partition coefficient (Wildman–Crippen LogP) is 3.56. The number of nitrogens with two attached hydrogens (primary N) is 1. The number of hydrogen-bond donors (Lipinski definition) is 1. The van der Waals surface area contributed by atoms with Gasteiger partial charge in [0, 0.05) is 11.1 Å². The van der Waals surface area contributed by atoms with Gasteiger partial charge in [-0.05, 0) is 19.1 Å². The number of nitrogen functional groups attached to an aromatic ring is 1. The summed E-state index contributed by atoms with van der Waals surface area (Å²) in [6.45, 7) is 1.73. The number of alkyl halides is 3. The average Bonchev–Trinajstić information content (AvgIpc) is 2.55. The zero-order valence-electron chi connectivity index (χ0n) is 12.9. The maximum absolute atomic E-state index is 12.6. The summed E-state index contributed by atoms with van der Waals surface area (Å²) in [4.78, 5) is 20.0. The van der Waals surface area contributed by atoms with Gasteiger partial charge in [0.25, 0.3) is 0 Å². The number of nitrogens with zero attached hydrogens (tertiary/aromatic N) is 2. The Morgan fingerprint density at radius 1 is 1.21 bits per heavy atom. The Morgan fingerprint density at radius 2 is 1.83 bits per heavy atom. The molecule has 1 aromatic carbocycles. The molecule has 0 spiro atoms. The van der Waals surface area contributed by atoms with Crippen LogP contribution in [0.25, 0.3) is 17.5 Å². The largest absolute Gasteiger partial charge is 0.464 e. The highest BCUT2D eigenvalue weighted by atomic mass is 19.4. The Hall–Kier alpha value is -2.90. The number of rotatable bonds is 3. The van der Waals surface area contributed by atoms with Crippen LogP contribution in [0, 0.1) is 0 Å². The van der Waals surface area contributed by atoms with Gasteiger partial charge in [-0.3, -0.25) is 0 Å². The molecule has 0 unspecified atom stereocenters. The van der Waals surface area contributed by atoms with E-state index in [9.17, 15) is 18.0 Å². The number of carbonyl (C=O) groups is 1. The molecule has 1 aromatic heterocycles. The van der Waals surface area contributed by atoms with E-state index in [0.717, 1.165) is 12.1 Å². The summed E-state index contributed by atoms with van der Waals surface area (Å²) < 4.78 is 42.5. The molecule has 2 N–H and O–H groups in total. The molecule has 5 nitrogen and oxygen atoms in total. The first-order valence-corrected chi connectivity index (χ1v) is 6.84. The highest BCUT2D eigenvalue weighted by Crippen LogP contribution is 2.31. The van der Waals surface area contributed by atoms with Gasteiger partial charge in [0.2, 0.25) is 0 Å². The Labute approximate surface area is 136 Å². The second-order valence-corrected chi connectivity index (χ2v) is 4.76. The molecule has 0 bridgehead atoms. The van der Waals surface area contributed by atoms with Crippen molar-refractivity contribution >= 4 is 17.9 Å². The van der Waals surface area contributed by atoms with Crippen LogP contribution < -0.4 is 5.73 Å². The minimum atomic E-state index is -4.44. The van der Waals surface area contributed by atoms with E-state index in [1.54, 1.807) is 19.1 Å². The third-order valence-corrected chi connectivity index (χ3v) is 3.16. The lowest BCUT2D eigenvalue weighted by Gasteiger charge is -2.10. The summed E-state index contributed by atoms with van der Waals surface area (Å²) in [5.74, 6) is -0.654. The Bertz CT molecular complexity index is 784. The third-order valence-electron chi connectivity index (χ3n) is 3.16. The number of halogens is 3. The fourth-order valence-electron chi connectivity index (χ4n) is 2.01. The molecule has 0 saturated heterocycles. The number of carbonyl (C=O) groups excluding carboxylic acids is 1. The Balaban J connectivity index is 2.55. The second-order valence-electron chi connectivity index (χ2n) is 4.76. The van der Waals surface area contributed by atoms with Gasteiger partial charge in [0.1, 0.15) is 5.82 Å². The maximum Gasteiger partial charge on any atom is 0.416 e. The fourth-order valence-corrected chi connectivity index (χ4v) is 2.01. The van der Waals surface area contributed by atoms with Gasteiger partial charge >= 0.3 is 12.1 Å². The van der Waals surface area contributed by atoms with Crippen molar-refractivity contribution < 1.29 is 22.7 Å². The van der Waals surface area contributed by atoms with Crippen molar-refractivity contribution in [3.05, 3.63) is 47.2 Å². The Kier molecular flexibility index (Phi) is 4.87. The van der Waals surface area contributed by atoms with Gasteiger partial charge in [-0.2, -0.15) is 13.2 Å². The van der Waals surface area contributed by atoms with Crippen molar-refractivity contribution in [1.29, 1.82) is 0 Å². The van der Waals surface area contributed by atoms with Crippen molar-refractivity contribution in [1.82, 2.24) is 9.97 Å². The van der Waals surface area contributed by atoms with Crippen molar-refractivity contribution in [2.24, 2.45) is 0 Å². The van der Waals surface area contributed by atoms with Crippen LogP contribution in [-0.4, -0.2) is 23.0 Å². The van der Waals surface area contributed by atoms with Crippen molar-refractivity contribution in [2.75, 3.05) is 12.8 Å². The van der Waals surface area contributed by atoms with E-state index in [1.165, 1.54) is 19.2 Å². The number of benzene rings is 1. The van der Waals surface area contributed by atoms with E-state index in [2.05, 4.69) is 14.7 Å². The zero-order valence-corrected chi connectivity index (χ0v) is 12.9. The maximum atomic E-state index is 12.6. The fraction of sp³-hybridized carbons (Fsp3) is 0.188. The van der Waals surface area contributed by atoms with Crippen LogP contribution in [0.3, 0.4) is 0 Å². The number of aromatic nitrogens is 2. The molecule has 24 heavy (non-hydrogen) atoms. The number of hydrogen-bond acceptors (Lipinski definition) is 5. The molecule has 2 rings (SSSR count). The molecule has 0 aliphatic rings. The molecule has 0 fully saturated rings. The summed E-state index contributed by atoms with van der Waals surface area (Å²) in [6.07, 6.45) is -1.23. The molecule has 126 valence electrons. The van der Waals surface area contributed by atoms with Gasteiger partial charge in [-0.1, -0.05) is 24.3 Å². The first-order valence-electron chi connectivity index (χ1n) is 6.84. The summed E-state index contributed by atoms with van der Waals surface area (Å²) in [5, 5.41) is 0. The number of esters is 1. The Morgan fingerprint density at radius 3 is 2.33 bits per heavy atom. The van der Waals surface area contributed by atoms with E-state index in [4.69, 9.17) is 5.73 Å². The highest BCUT2D eigenvalue weighted by Gasteiger charge is 2.30. The molecule has 0 radical (unpaired) electrons. The summed E-state index contributed by atoms with van der Waals surface area (Å²) in [6, 6.07) is 4.25. The molecule has 2 aromatic rings. The second kappa shape index (κ2) is 6.69. The van der Waals surface area contributed by atoms with Gasteiger partial charge in [0.05, 0.1) is 12.7 Å². The van der Waals surface area contributed by atoms with Crippen molar-refractivity contribution in [3.8, 4) is 11.4 Å². The van der Waals surface area contributed by atoms with E-state index in [1.807, 2.05) is 0 Å². The lowest BCUT2D eigenvalue weighted by atomic mass is 10.1. The molecule has 0 aliphatic carbocycles. The summed E-state index contributed by atoms with van der Waals surface area (Å²) in [5.41, 5.74) is 5.59. The molecule has 0 amide bonds. The lowest BCUT2D eigenvalue weighted by molar-refractivity contribution is -0.137. The lowest BCUT2D eigenvalue weighted by Crippen LogP contribution is -2.12.